The highest BCUT2D eigenvalue weighted by molar-refractivity contribution is 5.91. The minimum atomic E-state index is -0.0335. The summed E-state index contributed by atoms with van der Waals surface area (Å²) in [5, 5.41) is 2.99. The molecule has 0 heterocycles. The molecular weight excluding hydrogens is 286 g/mol. The third-order valence-electron chi connectivity index (χ3n) is 3.63. The summed E-state index contributed by atoms with van der Waals surface area (Å²) in [6.45, 7) is 8.81. The van der Waals surface area contributed by atoms with Gasteiger partial charge in [-0.2, -0.15) is 0 Å². The van der Waals surface area contributed by atoms with Crippen LogP contribution in [0.4, 0.5) is 5.69 Å². The van der Waals surface area contributed by atoms with Crippen molar-refractivity contribution < 1.29 is 9.53 Å². The van der Waals surface area contributed by atoms with E-state index in [-0.39, 0.29) is 11.3 Å². The quantitative estimate of drug-likeness (QED) is 0.869. The lowest BCUT2D eigenvalue weighted by molar-refractivity contribution is -0.116. The molecule has 122 valence electrons. The molecule has 2 aromatic carbocycles. The van der Waals surface area contributed by atoms with E-state index in [0.29, 0.717) is 13.0 Å². The first-order valence-electron chi connectivity index (χ1n) is 7.95. The number of nitrogens with one attached hydrogen (secondary N) is 1. The Labute approximate surface area is 138 Å². The van der Waals surface area contributed by atoms with Gasteiger partial charge in [-0.3, -0.25) is 4.79 Å². The number of rotatable bonds is 5. The van der Waals surface area contributed by atoms with Crippen LogP contribution in [0.2, 0.25) is 0 Å². The Hall–Kier alpha value is -2.29. The van der Waals surface area contributed by atoms with Crippen molar-refractivity contribution in [2.24, 2.45) is 0 Å². The van der Waals surface area contributed by atoms with Crippen molar-refractivity contribution in [1.29, 1.82) is 0 Å². The Bertz CT molecular complexity index is 654. The van der Waals surface area contributed by atoms with Gasteiger partial charge in [0.2, 0.25) is 5.91 Å². The number of benzene rings is 2. The maximum atomic E-state index is 12.1. The molecule has 0 radical (unpaired) electrons. The number of amides is 1. The number of hydrogen-bond acceptors (Lipinski definition) is 2. The van der Waals surface area contributed by atoms with E-state index >= 15 is 0 Å². The number of carbonyl (C=O) groups is 1. The average molecular weight is 311 g/mol. The molecule has 0 aromatic heterocycles. The molecule has 0 aliphatic heterocycles. The SMILES string of the molecule is Cc1ccc(OCCC(=O)Nc2ccccc2C(C)(C)C)cc1. The predicted molar refractivity (Wildman–Crippen MR) is 95.1 cm³/mol. The summed E-state index contributed by atoms with van der Waals surface area (Å²) < 4.78 is 5.61. The Morgan fingerprint density at radius 3 is 2.35 bits per heavy atom. The van der Waals surface area contributed by atoms with Crippen LogP contribution in [0.3, 0.4) is 0 Å². The summed E-state index contributed by atoms with van der Waals surface area (Å²) in [4.78, 5) is 12.1. The highest BCUT2D eigenvalue weighted by atomic mass is 16.5. The monoisotopic (exact) mass is 311 g/mol. The molecule has 0 aliphatic carbocycles. The molecule has 0 spiro atoms. The van der Waals surface area contributed by atoms with Gasteiger partial charge in [-0.1, -0.05) is 56.7 Å². The highest BCUT2D eigenvalue weighted by Gasteiger charge is 2.18. The first-order valence-corrected chi connectivity index (χ1v) is 7.95. The molecule has 1 N–H and O–H groups in total. The van der Waals surface area contributed by atoms with Gasteiger partial charge in [-0.15, -0.1) is 0 Å². The molecule has 3 nitrogen and oxygen atoms in total. The van der Waals surface area contributed by atoms with E-state index in [4.69, 9.17) is 4.74 Å². The van der Waals surface area contributed by atoms with Crippen molar-refractivity contribution in [2.75, 3.05) is 11.9 Å². The van der Waals surface area contributed by atoms with Gasteiger partial charge in [0.05, 0.1) is 13.0 Å². The number of aryl methyl sites for hydroxylation is 1. The van der Waals surface area contributed by atoms with Crippen LogP contribution in [0, 0.1) is 6.92 Å². The van der Waals surface area contributed by atoms with Crippen molar-refractivity contribution in [3.63, 3.8) is 0 Å². The Balaban J connectivity index is 1.89. The van der Waals surface area contributed by atoms with Crippen molar-refractivity contribution >= 4 is 11.6 Å². The van der Waals surface area contributed by atoms with Crippen LogP contribution in [-0.2, 0) is 10.2 Å². The minimum Gasteiger partial charge on any atom is -0.493 e. The van der Waals surface area contributed by atoms with Crippen LogP contribution in [0.1, 0.15) is 38.3 Å². The van der Waals surface area contributed by atoms with Crippen LogP contribution in [-0.4, -0.2) is 12.5 Å². The third kappa shape index (κ3) is 5.13. The lowest BCUT2D eigenvalue weighted by atomic mass is 9.86. The second-order valence-electron chi connectivity index (χ2n) is 6.76. The number of anilines is 1. The van der Waals surface area contributed by atoms with Gasteiger partial charge in [0.25, 0.3) is 0 Å². The summed E-state index contributed by atoms with van der Waals surface area (Å²) in [7, 11) is 0. The molecular formula is C20H25NO2. The average Bonchev–Trinajstić information content (AvgIpc) is 2.49. The number of hydrogen-bond donors (Lipinski definition) is 1. The van der Waals surface area contributed by atoms with E-state index in [1.165, 1.54) is 5.56 Å². The summed E-state index contributed by atoms with van der Waals surface area (Å²) in [5.41, 5.74) is 3.18. The van der Waals surface area contributed by atoms with Gasteiger partial charge in [0.15, 0.2) is 0 Å². The Morgan fingerprint density at radius 1 is 1.04 bits per heavy atom. The minimum absolute atomic E-state index is 0.0116. The van der Waals surface area contributed by atoms with Gasteiger partial charge < -0.3 is 10.1 Å². The van der Waals surface area contributed by atoms with Crippen molar-refractivity contribution in [1.82, 2.24) is 0 Å². The molecule has 0 saturated heterocycles. The van der Waals surface area contributed by atoms with E-state index in [2.05, 4.69) is 32.2 Å². The Morgan fingerprint density at radius 2 is 1.70 bits per heavy atom. The van der Waals surface area contributed by atoms with Crippen LogP contribution >= 0.6 is 0 Å². The van der Waals surface area contributed by atoms with E-state index in [0.717, 1.165) is 17.0 Å². The van der Waals surface area contributed by atoms with Crippen LogP contribution in [0.5, 0.6) is 5.75 Å². The molecule has 0 atom stereocenters. The fraction of sp³-hybridized carbons (Fsp3) is 0.350. The Kier molecular flexibility index (Phi) is 5.43. The topological polar surface area (TPSA) is 38.3 Å². The second-order valence-corrected chi connectivity index (χ2v) is 6.76. The summed E-state index contributed by atoms with van der Waals surface area (Å²) in [6, 6.07) is 15.8. The van der Waals surface area contributed by atoms with Gasteiger partial charge in [-0.25, -0.2) is 0 Å². The summed E-state index contributed by atoms with van der Waals surface area (Å²) in [6.07, 6.45) is 0.326. The van der Waals surface area contributed by atoms with Crippen LogP contribution in [0.15, 0.2) is 48.5 Å². The number of carbonyl (C=O) groups excluding carboxylic acids is 1. The molecule has 1 amide bonds. The molecule has 3 heteroatoms. The second kappa shape index (κ2) is 7.32. The fourth-order valence-electron chi connectivity index (χ4n) is 2.35. The largest absolute Gasteiger partial charge is 0.493 e. The van der Waals surface area contributed by atoms with Crippen LogP contribution < -0.4 is 10.1 Å². The molecule has 0 saturated carbocycles. The molecule has 0 unspecified atom stereocenters. The standard InChI is InChI=1S/C20H25NO2/c1-15-9-11-16(12-10-15)23-14-13-19(22)21-18-8-6-5-7-17(18)20(2,3)4/h5-12H,13-14H2,1-4H3,(H,21,22). The molecule has 2 aromatic rings. The summed E-state index contributed by atoms with van der Waals surface area (Å²) >= 11 is 0. The zero-order valence-electron chi connectivity index (χ0n) is 14.3. The fourth-order valence-corrected chi connectivity index (χ4v) is 2.35. The zero-order valence-corrected chi connectivity index (χ0v) is 14.3. The highest BCUT2D eigenvalue weighted by Crippen LogP contribution is 2.29. The first-order chi connectivity index (χ1) is 10.9. The van der Waals surface area contributed by atoms with E-state index in [9.17, 15) is 4.79 Å². The van der Waals surface area contributed by atoms with Gasteiger partial charge >= 0.3 is 0 Å². The van der Waals surface area contributed by atoms with E-state index in [1.807, 2.05) is 49.4 Å². The van der Waals surface area contributed by atoms with Gasteiger partial charge in [-0.05, 0) is 36.1 Å². The van der Waals surface area contributed by atoms with E-state index < -0.39 is 0 Å². The van der Waals surface area contributed by atoms with Gasteiger partial charge in [0, 0.05) is 5.69 Å². The molecule has 0 bridgehead atoms. The molecule has 0 fully saturated rings. The summed E-state index contributed by atoms with van der Waals surface area (Å²) in [5.74, 6) is 0.757. The smallest absolute Gasteiger partial charge is 0.227 e. The van der Waals surface area contributed by atoms with E-state index in [1.54, 1.807) is 0 Å². The molecule has 2 rings (SSSR count). The lowest BCUT2D eigenvalue weighted by Crippen LogP contribution is -2.20. The normalized spacial score (nSPS) is 11.1. The maximum Gasteiger partial charge on any atom is 0.227 e. The zero-order chi connectivity index (χ0) is 16.9. The van der Waals surface area contributed by atoms with Crippen molar-refractivity contribution in [2.45, 2.75) is 39.5 Å². The molecule has 0 aliphatic rings. The number of para-hydroxylation sites is 1. The maximum absolute atomic E-state index is 12.1. The lowest BCUT2D eigenvalue weighted by Gasteiger charge is -2.23. The van der Waals surface area contributed by atoms with Crippen molar-refractivity contribution in [3.8, 4) is 5.75 Å². The van der Waals surface area contributed by atoms with Crippen LogP contribution in [0.25, 0.3) is 0 Å². The van der Waals surface area contributed by atoms with Crippen molar-refractivity contribution in [3.05, 3.63) is 59.7 Å². The molecule has 23 heavy (non-hydrogen) atoms. The van der Waals surface area contributed by atoms with Gasteiger partial charge in [0.1, 0.15) is 5.75 Å². The predicted octanol–water partition coefficient (Wildman–Crippen LogP) is 4.70. The first kappa shape index (κ1) is 17.1. The number of ether oxygens (including phenoxy) is 1. The third-order valence-corrected chi connectivity index (χ3v) is 3.63.